The lowest BCUT2D eigenvalue weighted by Gasteiger charge is -2.34. The summed E-state index contributed by atoms with van der Waals surface area (Å²) in [4.78, 5) is 13.6. The maximum absolute atomic E-state index is 12.8. The molecule has 0 N–H and O–H groups in total. The maximum atomic E-state index is 12.8. The van der Waals surface area contributed by atoms with Gasteiger partial charge in [-0.2, -0.15) is 13.2 Å². The smallest absolute Gasteiger partial charge is 0.338 e. The standard InChI is InChI=1S/C13H12ClF3INO/c14-9-3-4-10(11(18)6-9)12(20)19-5-1-2-8(7-19)13(15,16)17/h3-4,6,8H,1-2,5,7H2. The van der Waals surface area contributed by atoms with E-state index in [2.05, 4.69) is 0 Å². The lowest BCUT2D eigenvalue weighted by atomic mass is 9.97. The Balaban J connectivity index is 2.16. The molecular weight excluding hydrogens is 406 g/mol. The van der Waals surface area contributed by atoms with Crippen molar-refractivity contribution in [3.05, 3.63) is 32.4 Å². The highest BCUT2D eigenvalue weighted by Gasteiger charge is 2.42. The normalized spacial score (nSPS) is 20.1. The monoisotopic (exact) mass is 417 g/mol. The molecule has 1 amide bonds. The van der Waals surface area contributed by atoms with Crippen LogP contribution in [-0.4, -0.2) is 30.1 Å². The van der Waals surface area contributed by atoms with Crippen molar-refractivity contribution in [1.29, 1.82) is 0 Å². The highest BCUT2D eigenvalue weighted by Crippen LogP contribution is 2.33. The molecule has 0 spiro atoms. The Morgan fingerprint density at radius 3 is 2.70 bits per heavy atom. The van der Waals surface area contributed by atoms with E-state index in [0.29, 0.717) is 27.1 Å². The molecule has 1 fully saturated rings. The summed E-state index contributed by atoms with van der Waals surface area (Å²) in [7, 11) is 0. The minimum absolute atomic E-state index is 0.0883. The molecule has 1 aliphatic heterocycles. The molecule has 1 unspecified atom stereocenters. The van der Waals surface area contributed by atoms with E-state index in [4.69, 9.17) is 11.6 Å². The molecule has 0 radical (unpaired) electrons. The minimum atomic E-state index is -4.24. The van der Waals surface area contributed by atoms with Gasteiger partial charge in [0.05, 0.1) is 11.5 Å². The van der Waals surface area contributed by atoms with Crippen LogP contribution >= 0.6 is 34.2 Å². The van der Waals surface area contributed by atoms with Crippen LogP contribution in [0.15, 0.2) is 18.2 Å². The molecule has 1 aromatic carbocycles. The highest BCUT2D eigenvalue weighted by atomic mass is 127. The van der Waals surface area contributed by atoms with Crippen LogP contribution in [0.4, 0.5) is 13.2 Å². The molecule has 110 valence electrons. The van der Waals surface area contributed by atoms with Crippen LogP contribution in [0.3, 0.4) is 0 Å². The number of halogens is 5. The molecule has 20 heavy (non-hydrogen) atoms. The number of benzene rings is 1. The Hall–Kier alpha value is -0.500. The van der Waals surface area contributed by atoms with E-state index >= 15 is 0 Å². The van der Waals surface area contributed by atoms with Gasteiger partial charge in [-0.1, -0.05) is 11.6 Å². The van der Waals surface area contributed by atoms with Gasteiger partial charge in [-0.15, -0.1) is 0 Å². The zero-order chi connectivity index (χ0) is 14.9. The number of hydrogen-bond acceptors (Lipinski definition) is 1. The van der Waals surface area contributed by atoms with Crippen molar-refractivity contribution < 1.29 is 18.0 Å². The van der Waals surface area contributed by atoms with Gasteiger partial charge in [-0.3, -0.25) is 4.79 Å². The molecule has 1 aliphatic rings. The van der Waals surface area contributed by atoms with E-state index < -0.39 is 12.1 Å². The first-order chi connectivity index (χ1) is 9.29. The van der Waals surface area contributed by atoms with Crippen molar-refractivity contribution in [1.82, 2.24) is 4.90 Å². The first kappa shape index (κ1) is 15.9. The quantitative estimate of drug-likeness (QED) is 0.622. The summed E-state index contributed by atoms with van der Waals surface area (Å²) in [5.74, 6) is -1.79. The summed E-state index contributed by atoms with van der Waals surface area (Å²) >= 11 is 7.78. The van der Waals surface area contributed by atoms with Crippen molar-refractivity contribution in [3.63, 3.8) is 0 Å². The second-order valence-electron chi connectivity index (χ2n) is 4.76. The van der Waals surface area contributed by atoms with E-state index in [1.54, 1.807) is 18.2 Å². The van der Waals surface area contributed by atoms with Crippen LogP contribution in [0.25, 0.3) is 0 Å². The lowest BCUT2D eigenvalue weighted by molar-refractivity contribution is -0.184. The molecule has 1 aromatic rings. The third-order valence-electron chi connectivity index (χ3n) is 3.33. The van der Waals surface area contributed by atoms with Gasteiger partial charge >= 0.3 is 6.18 Å². The molecule has 7 heteroatoms. The largest absolute Gasteiger partial charge is 0.393 e. The Morgan fingerprint density at radius 2 is 2.10 bits per heavy atom. The number of likely N-dealkylation sites (tertiary alicyclic amines) is 1. The fourth-order valence-corrected chi connectivity index (χ4v) is 3.36. The maximum Gasteiger partial charge on any atom is 0.393 e. The van der Waals surface area contributed by atoms with Gasteiger partial charge in [0, 0.05) is 21.7 Å². The zero-order valence-corrected chi connectivity index (χ0v) is 13.3. The molecule has 1 heterocycles. The van der Waals surface area contributed by atoms with E-state index in [9.17, 15) is 18.0 Å². The van der Waals surface area contributed by atoms with Gasteiger partial charge in [0.15, 0.2) is 0 Å². The van der Waals surface area contributed by atoms with Crippen LogP contribution in [0, 0.1) is 9.49 Å². The van der Waals surface area contributed by atoms with E-state index in [-0.39, 0.29) is 18.9 Å². The Morgan fingerprint density at radius 1 is 1.40 bits per heavy atom. The Bertz CT molecular complexity index is 521. The number of piperidine rings is 1. The molecule has 1 atom stereocenters. The van der Waals surface area contributed by atoms with Crippen molar-refractivity contribution in [3.8, 4) is 0 Å². The SMILES string of the molecule is O=C(c1ccc(Cl)cc1I)N1CCCC(C(F)(F)F)C1. The van der Waals surface area contributed by atoms with Crippen LogP contribution in [0.2, 0.25) is 5.02 Å². The van der Waals surface area contributed by atoms with Gasteiger partial charge < -0.3 is 4.90 Å². The van der Waals surface area contributed by atoms with Gasteiger partial charge in [0.2, 0.25) is 0 Å². The molecule has 0 aliphatic carbocycles. The Labute approximate surface area is 133 Å². The van der Waals surface area contributed by atoms with Crippen molar-refractivity contribution in [2.45, 2.75) is 19.0 Å². The van der Waals surface area contributed by atoms with E-state index in [1.165, 1.54) is 4.90 Å². The lowest BCUT2D eigenvalue weighted by Crippen LogP contribution is -2.44. The van der Waals surface area contributed by atoms with Crippen molar-refractivity contribution >= 4 is 40.1 Å². The predicted molar refractivity (Wildman–Crippen MR) is 78.9 cm³/mol. The molecule has 0 saturated carbocycles. The molecular formula is C13H12ClF3INO. The number of rotatable bonds is 1. The van der Waals surface area contributed by atoms with Gasteiger partial charge in [0.1, 0.15) is 0 Å². The topological polar surface area (TPSA) is 20.3 Å². The number of alkyl halides is 3. The van der Waals surface area contributed by atoms with Gasteiger partial charge in [-0.25, -0.2) is 0 Å². The summed E-state index contributed by atoms with van der Waals surface area (Å²) < 4.78 is 38.9. The van der Waals surface area contributed by atoms with Crippen LogP contribution < -0.4 is 0 Å². The highest BCUT2D eigenvalue weighted by molar-refractivity contribution is 14.1. The number of nitrogens with zero attached hydrogens (tertiary/aromatic N) is 1. The van der Waals surface area contributed by atoms with Crippen LogP contribution in [0.1, 0.15) is 23.2 Å². The third kappa shape index (κ3) is 3.58. The summed E-state index contributed by atoms with van der Waals surface area (Å²) in [6.07, 6.45) is -3.78. The van der Waals surface area contributed by atoms with Crippen molar-refractivity contribution in [2.24, 2.45) is 5.92 Å². The number of carbonyl (C=O) groups is 1. The van der Waals surface area contributed by atoms with Crippen LogP contribution in [0.5, 0.6) is 0 Å². The number of hydrogen-bond donors (Lipinski definition) is 0. The number of amides is 1. The second-order valence-corrected chi connectivity index (χ2v) is 6.35. The Kier molecular flexibility index (Phi) is 4.84. The first-order valence-corrected chi connectivity index (χ1v) is 7.56. The molecule has 2 rings (SSSR count). The van der Waals surface area contributed by atoms with Crippen LogP contribution in [-0.2, 0) is 0 Å². The van der Waals surface area contributed by atoms with Gasteiger partial charge in [-0.05, 0) is 53.6 Å². The molecule has 0 aromatic heterocycles. The molecule has 1 saturated heterocycles. The summed E-state index contributed by atoms with van der Waals surface area (Å²) in [6.45, 7) is 0.102. The average Bonchev–Trinajstić information content (AvgIpc) is 2.37. The summed E-state index contributed by atoms with van der Waals surface area (Å²) in [6, 6.07) is 4.76. The number of carbonyl (C=O) groups excluding carboxylic acids is 1. The first-order valence-electron chi connectivity index (χ1n) is 6.10. The van der Waals surface area contributed by atoms with Crippen molar-refractivity contribution in [2.75, 3.05) is 13.1 Å². The van der Waals surface area contributed by atoms with E-state index in [0.717, 1.165) is 0 Å². The minimum Gasteiger partial charge on any atom is -0.338 e. The molecule has 2 nitrogen and oxygen atoms in total. The second kappa shape index (κ2) is 6.09. The zero-order valence-electron chi connectivity index (χ0n) is 10.4. The summed E-state index contributed by atoms with van der Waals surface area (Å²) in [5, 5.41) is 0.498. The fraction of sp³-hybridized carbons (Fsp3) is 0.462. The van der Waals surface area contributed by atoms with Gasteiger partial charge in [0.25, 0.3) is 5.91 Å². The predicted octanol–water partition coefficient (Wildman–Crippen LogP) is 4.36. The summed E-state index contributed by atoms with van der Waals surface area (Å²) in [5.41, 5.74) is 0.401. The molecule has 0 bridgehead atoms. The fourth-order valence-electron chi connectivity index (χ4n) is 2.26. The third-order valence-corrected chi connectivity index (χ3v) is 4.46. The average molecular weight is 418 g/mol. The van der Waals surface area contributed by atoms with E-state index in [1.807, 2.05) is 22.6 Å².